The normalized spacial score (nSPS) is 10.5. The molecule has 0 spiro atoms. The lowest BCUT2D eigenvalue weighted by Crippen LogP contribution is -2.05. The Kier molecular flexibility index (Phi) is 4.05. The van der Waals surface area contributed by atoms with Gasteiger partial charge in [-0.3, -0.25) is 4.79 Å². The van der Waals surface area contributed by atoms with E-state index in [-0.39, 0.29) is 5.56 Å². The molecule has 0 aliphatic rings. The maximum atomic E-state index is 13.5. The summed E-state index contributed by atoms with van der Waals surface area (Å²) >= 11 is 0. The molecular formula is C16H14F2O. The second kappa shape index (κ2) is 5.74. The summed E-state index contributed by atoms with van der Waals surface area (Å²) in [6.45, 7) is 2.07. The first kappa shape index (κ1) is 13.4. The van der Waals surface area contributed by atoms with Gasteiger partial charge in [-0.2, -0.15) is 0 Å². The first-order valence-electron chi connectivity index (χ1n) is 6.20. The molecule has 2 rings (SSSR count). The van der Waals surface area contributed by atoms with E-state index in [4.69, 9.17) is 0 Å². The van der Waals surface area contributed by atoms with Crippen LogP contribution in [0.4, 0.5) is 8.78 Å². The smallest absolute Gasteiger partial charge is 0.196 e. The van der Waals surface area contributed by atoms with Crippen molar-refractivity contribution in [2.75, 3.05) is 0 Å². The minimum Gasteiger partial charge on any atom is -0.288 e. The van der Waals surface area contributed by atoms with E-state index < -0.39 is 17.4 Å². The minimum atomic E-state index is -0.705. The van der Waals surface area contributed by atoms with E-state index in [1.54, 1.807) is 12.1 Å². The molecule has 2 aromatic rings. The molecule has 0 radical (unpaired) electrons. The minimum absolute atomic E-state index is 0.233. The first-order valence-corrected chi connectivity index (χ1v) is 6.20. The van der Waals surface area contributed by atoms with Gasteiger partial charge in [0.25, 0.3) is 0 Å². The number of carbonyl (C=O) groups excluding carboxylic acids is 1. The van der Waals surface area contributed by atoms with Crippen LogP contribution in [0, 0.1) is 11.6 Å². The summed E-state index contributed by atoms with van der Waals surface area (Å²) in [7, 11) is 0. The summed E-state index contributed by atoms with van der Waals surface area (Å²) in [5.74, 6) is -1.82. The molecule has 3 heteroatoms. The fourth-order valence-electron chi connectivity index (χ4n) is 1.94. The van der Waals surface area contributed by atoms with Gasteiger partial charge in [0.2, 0.25) is 0 Å². The number of halogens is 2. The van der Waals surface area contributed by atoms with Gasteiger partial charge in [0.05, 0.1) is 5.56 Å². The fourth-order valence-corrected chi connectivity index (χ4v) is 1.94. The molecule has 0 saturated carbocycles. The molecule has 98 valence electrons. The molecule has 0 aliphatic heterocycles. The van der Waals surface area contributed by atoms with Crippen molar-refractivity contribution in [3.8, 4) is 0 Å². The number of rotatable bonds is 4. The summed E-state index contributed by atoms with van der Waals surface area (Å²) in [5, 5.41) is 0. The second-order valence-corrected chi connectivity index (χ2v) is 4.40. The van der Waals surface area contributed by atoms with Gasteiger partial charge in [0, 0.05) is 5.56 Å². The maximum Gasteiger partial charge on any atom is 0.196 e. The Hall–Kier alpha value is -2.03. The zero-order valence-electron chi connectivity index (χ0n) is 10.6. The Morgan fingerprint density at radius 3 is 2.37 bits per heavy atom. The van der Waals surface area contributed by atoms with Gasteiger partial charge in [-0.15, -0.1) is 0 Å². The van der Waals surface area contributed by atoms with Crippen molar-refractivity contribution in [3.63, 3.8) is 0 Å². The van der Waals surface area contributed by atoms with Crippen LogP contribution in [-0.2, 0) is 6.42 Å². The average Bonchev–Trinajstić information content (AvgIpc) is 2.42. The molecule has 0 N–H and O–H groups in total. The van der Waals surface area contributed by atoms with Crippen molar-refractivity contribution in [3.05, 3.63) is 70.8 Å². The van der Waals surface area contributed by atoms with Crippen LogP contribution in [0.5, 0.6) is 0 Å². The summed E-state index contributed by atoms with van der Waals surface area (Å²) in [6.07, 6.45) is 1.95. The molecule has 19 heavy (non-hydrogen) atoms. The van der Waals surface area contributed by atoms with E-state index in [9.17, 15) is 13.6 Å². The number of aryl methyl sites for hydroxylation is 1. The summed E-state index contributed by atoms with van der Waals surface area (Å²) in [5.41, 5.74) is 1.26. The number of benzene rings is 2. The summed E-state index contributed by atoms with van der Waals surface area (Å²) < 4.78 is 26.6. The number of ketones is 1. The predicted octanol–water partition coefficient (Wildman–Crippen LogP) is 4.15. The van der Waals surface area contributed by atoms with Gasteiger partial charge in [-0.25, -0.2) is 8.78 Å². The van der Waals surface area contributed by atoms with Crippen LogP contribution in [0.1, 0.15) is 34.8 Å². The van der Waals surface area contributed by atoms with E-state index in [0.717, 1.165) is 36.6 Å². The highest BCUT2D eigenvalue weighted by Gasteiger charge is 2.14. The third-order valence-electron chi connectivity index (χ3n) is 2.93. The van der Waals surface area contributed by atoms with E-state index >= 15 is 0 Å². The Bertz CT molecular complexity index is 588. The molecule has 0 amide bonds. The quantitative estimate of drug-likeness (QED) is 0.755. The van der Waals surface area contributed by atoms with Crippen LogP contribution in [0.15, 0.2) is 42.5 Å². The molecule has 0 fully saturated rings. The highest BCUT2D eigenvalue weighted by atomic mass is 19.1. The van der Waals surface area contributed by atoms with Crippen molar-refractivity contribution in [1.29, 1.82) is 0 Å². The van der Waals surface area contributed by atoms with Crippen LogP contribution < -0.4 is 0 Å². The zero-order valence-corrected chi connectivity index (χ0v) is 10.6. The monoisotopic (exact) mass is 260 g/mol. The van der Waals surface area contributed by atoms with Crippen molar-refractivity contribution in [1.82, 2.24) is 0 Å². The molecule has 1 nitrogen and oxygen atoms in total. The predicted molar refractivity (Wildman–Crippen MR) is 70.2 cm³/mol. The maximum absolute atomic E-state index is 13.5. The molecule has 2 aromatic carbocycles. The third-order valence-corrected chi connectivity index (χ3v) is 2.93. The van der Waals surface area contributed by atoms with Crippen molar-refractivity contribution in [2.24, 2.45) is 0 Å². The van der Waals surface area contributed by atoms with Crippen molar-refractivity contribution in [2.45, 2.75) is 19.8 Å². The standard InChI is InChI=1S/C16H14F2O/c1-2-3-11-4-6-12(7-5-11)16(19)14-10-13(17)8-9-15(14)18/h4-10H,2-3H2,1H3. The van der Waals surface area contributed by atoms with Gasteiger partial charge in [0.15, 0.2) is 5.78 Å². The van der Waals surface area contributed by atoms with Crippen LogP contribution in [-0.4, -0.2) is 5.78 Å². The summed E-state index contributed by atoms with van der Waals surface area (Å²) in [4.78, 5) is 12.1. The van der Waals surface area contributed by atoms with Gasteiger partial charge >= 0.3 is 0 Å². The Morgan fingerprint density at radius 2 is 1.74 bits per heavy atom. The molecule has 0 aliphatic carbocycles. The lowest BCUT2D eigenvalue weighted by Gasteiger charge is -2.04. The van der Waals surface area contributed by atoms with Crippen LogP contribution >= 0.6 is 0 Å². The van der Waals surface area contributed by atoms with E-state index in [0.29, 0.717) is 5.56 Å². The Morgan fingerprint density at radius 1 is 1.05 bits per heavy atom. The zero-order chi connectivity index (χ0) is 13.8. The van der Waals surface area contributed by atoms with Crippen LogP contribution in [0.25, 0.3) is 0 Å². The molecule has 0 aromatic heterocycles. The molecule has 0 unspecified atom stereocenters. The lowest BCUT2D eigenvalue weighted by molar-refractivity contribution is 0.103. The summed E-state index contributed by atoms with van der Waals surface area (Å²) in [6, 6.07) is 9.87. The molecule has 0 heterocycles. The fraction of sp³-hybridized carbons (Fsp3) is 0.188. The molecule has 0 atom stereocenters. The topological polar surface area (TPSA) is 17.1 Å². The van der Waals surface area contributed by atoms with Gasteiger partial charge in [0.1, 0.15) is 11.6 Å². The van der Waals surface area contributed by atoms with Crippen LogP contribution in [0.2, 0.25) is 0 Å². The van der Waals surface area contributed by atoms with E-state index in [1.165, 1.54) is 0 Å². The SMILES string of the molecule is CCCc1ccc(C(=O)c2cc(F)ccc2F)cc1. The van der Waals surface area contributed by atoms with E-state index in [2.05, 4.69) is 6.92 Å². The molecule has 0 saturated heterocycles. The van der Waals surface area contributed by atoms with Crippen LogP contribution in [0.3, 0.4) is 0 Å². The number of hydrogen-bond donors (Lipinski definition) is 0. The highest BCUT2D eigenvalue weighted by Crippen LogP contribution is 2.16. The number of hydrogen-bond acceptors (Lipinski definition) is 1. The Balaban J connectivity index is 2.30. The number of carbonyl (C=O) groups is 1. The first-order chi connectivity index (χ1) is 9.11. The largest absolute Gasteiger partial charge is 0.288 e. The highest BCUT2D eigenvalue weighted by molar-refractivity contribution is 6.09. The third kappa shape index (κ3) is 3.05. The average molecular weight is 260 g/mol. The molecule has 0 bridgehead atoms. The molecular weight excluding hydrogens is 246 g/mol. The van der Waals surface area contributed by atoms with Gasteiger partial charge in [-0.05, 0) is 30.2 Å². The lowest BCUT2D eigenvalue weighted by atomic mass is 10.0. The second-order valence-electron chi connectivity index (χ2n) is 4.40. The van der Waals surface area contributed by atoms with Gasteiger partial charge < -0.3 is 0 Å². The van der Waals surface area contributed by atoms with E-state index in [1.807, 2.05) is 12.1 Å². The van der Waals surface area contributed by atoms with Gasteiger partial charge in [-0.1, -0.05) is 37.6 Å². The van der Waals surface area contributed by atoms with Crippen molar-refractivity contribution >= 4 is 5.78 Å². The van der Waals surface area contributed by atoms with Crippen molar-refractivity contribution < 1.29 is 13.6 Å². The Labute approximate surface area is 110 Å².